The Hall–Kier alpha value is -3.09. The number of carbonyl (C=O) groups is 1. The zero-order valence-corrected chi connectivity index (χ0v) is 13.9. The van der Waals surface area contributed by atoms with Crippen molar-refractivity contribution < 1.29 is 4.79 Å². The average Bonchev–Trinajstić information content (AvgIpc) is 2.90. The van der Waals surface area contributed by atoms with E-state index in [1.54, 1.807) is 0 Å². The minimum Gasteiger partial charge on any atom is -0.382 e. The fraction of sp³-hybridized carbons (Fsp3) is 0.235. The van der Waals surface area contributed by atoms with Crippen LogP contribution in [0.5, 0.6) is 0 Å². The maximum absolute atomic E-state index is 11.6. The molecule has 0 fully saturated rings. The lowest BCUT2D eigenvalue weighted by Crippen LogP contribution is -2.16. The number of anilines is 3. The van der Waals surface area contributed by atoms with Gasteiger partial charge in [-0.3, -0.25) is 4.79 Å². The van der Waals surface area contributed by atoms with Crippen LogP contribution in [0, 0.1) is 13.8 Å². The first kappa shape index (κ1) is 15.8. The Bertz CT molecular complexity index is 895. The molecular formula is C17H20N6O. The minimum atomic E-state index is -0.569. The Balaban J connectivity index is 2.09. The van der Waals surface area contributed by atoms with Gasteiger partial charge < -0.3 is 16.4 Å². The largest absolute Gasteiger partial charge is 0.382 e. The number of nitrogens with two attached hydrogens (primary N) is 1. The summed E-state index contributed by atoms with van der Waals surface area (Å²) in [7, 11) is 0. The number of benzene rings is 1. The molecule has 3 aromatic rings. The van der Waals surface area contributed by atoms with E-state index in [2.05, 4.69) is 26.8 Å². The second-order valence-electron chi connectivity index (χ2n) is 5.72. The molecule has 0 atom stereocenters. The molecule has 0 saturated heterocycles. The van der Waals surface area contributed by atoms with E-state index < -0.39 is 5.91 Å². The van der Waals surface area contributed by atoms with Crippen molar-refractivity contribution in [2.45, 2.75) is 20.8 Å². The third-order valence-corrected chi connectivity index (χ3v) is 3.58. The van der Waals surface area contributed by atoms with E-state index in [-0.39, 0.29) is 5.69 Å². The number of primary amides is 1. The highest BCUT2D eigenvalue weighted by molar-refractivity contribution is 5.92. The number of amides is 1. The number of fused-ring (bicyclic) bond motifs is 1. The highest BCUT2D eigenvalue weighted by atomic mass is 16.1. The van der Waals surface area contributed by atoms with Crippen LogP contribution in [0.1, 0.15) is 28.5 Å². The molecule has 2 heterocycles. The molecule has 124 valence electrons. The summed E-state index contributed by atoms with van der Waals surface area (Å²) >= 11 is 0. The van der Waals surface area contributed by atoms with Crippen molar-refractivity contribution >= 4 is 28.7 Å². The molecule has 0 saturated carbocycles. The van der Waals surface area contributed by atoms with E-state index in [1.165, 1.54) is 10.7 Å². The molecule has 0 radical (unpaired) electrons. The lowest BCUT2D eigenvalue weighted by molar-refractivity contribution is 0.0993. The van der Waals surface area contributed by atoms with Crippen molar-refractivity contribution in [1.82, 2.24) is 14.6 Å². The summed E-state index contributed by atoms with van der Waals surface area (Å²) in [6.45, 7) is 6.80. The Morgan fingerprint density at radius 3 is 2.54 bits per heavy atom. The number of imidazole rings is 1. The molecule has 7 heteroatoms. The van der Waals surface area contributed by atoms with Gasteiger partial charge in [-0.1, -0.05) is 6.07 Å². The lowest BCUT2D eigenvalue weighted by Gasteiger charge is -2.12. The van der Waals surface area contributed by atoms with E-state index in [9.17, 15) is 4.79 Å². The molecule has 1 aromatic carbocycles. The number of nitrogens with one attached hydrogen (secondary N) is 2. The summed E-state index contributed by atoms with van der Waals surface area (Å²) in [4.78, 5) is 15.8. The van der Waals surface area contributed by atoms with Crippen LogP contribution in [0.3, 0.4) is 0 Å². The molecule has 2 aromatic heterocycles. The fourth-order valence-electron chi connectivity index (χ4n) is 2.71. The topological polar surface area (TPSA) is 97.3 Å². The maximum Gasteiger partial charge on any atom is 0.269 e. The van der Waals surface area contributed by atoms with Crippen molar-refractivity contribution in [3.63, 3.8) is 0 Å². The van der Waals surface area contributed by atoms with Gasteiger partial charge in [0.2, 0.25) is 0 Å². The second kappa shape index (κ2) is 6.19. The fourth-order valence-corrected chi connectivity index (χ4v) is 2.71. The first-order valence-electron chi connectivity index (χ1n) is 7.75. The molecule has 0 aliphatic carbocycles. The van der Waals surface area contributed by atoms with Crippen LogP contribution < -0.4 is 16.4 Å². The van der Waals surface area contributed by atoms with E-state index in [4.69, 9.17) is 5.73 Å². The lowest BCUT2D eigenvalue weighted by atomic mass is 10.1. The molecule has 3 rings (SSSR count). The molecule has 7 nitrogen and oxygen atoms in total. The van der Waals surface area contributed by atoms with Gasteiger partial charge in [-0.25, -0.2) is 9.50 Å². The number of carbonyl (C=O) groups excluding carboxylic acids is 1. The first-order valence-corrected chi connectivity index (χ1v) is 7.75. The van der Waals surface area contributed by atoms with E-state index in [0.29, 0.717) is 11.5 Å². The smallest absolute Gasteiger partial charge is 0.269 e. The molecule has 0 aliphatic heterocycles. The van der Waals surface area contributed by atoms with Crippen LogP contribution in [0.4, 0.5) is 17.2 Å². The van der Waals surface area contributed by atoms with Crippen molar-refractivity contribution in [2.75, 3.05) is 17.2 Å². The van der Waals surface area contributed by atoms with Crippen LogP contribution in [0.15, 0.2) is 30.5 Å². The quantitative estimate of drug-likeness (QED) is 0.670. The van der Waals surface area contributed by atoms with Gasteiger partial charge >= 0.3 is 0 Å². The predicted octanol–water partition coefficient (Wildman–Crippen LogP) is 2.62. The molecule has 0 aliphatic rings. The highest BCUT2D eigenvalue weighted by Gasteiger charge is 2.14. The third-order valence-electron chi connectivity index (χ3n) is 3.58. The van der Waals surface area contributed by atoms with Crippen LogP contribution in [-0.2, 0) is 0 Å². The monoisotopic (exact) mass is 324 g/mol. The predicted molar refractivity (Wildman–Crippen MR) is 94.9 cm³/mol. The Labute approximate surface area is 139 Å². The summed E-state index contributed by atoms with van der Waals surface area (Å²) < 4.78 is 1.46. The number of hydrogen-bond acceptors (Lipinski definition) is 5. The Kier molecular flexibility index (Phi) is 4.07. The number of rotatable bonds is 5. The van der Waals surface area contributed by atoms with Crippen LogP contribution in [0.2, 0.25) is 0 Å². The summed E-state index contributed by atoms with van der Waals surface area (Å²) in [6, 6.07) is 8.05. The molecule has 4 N–H and O–H groups in total. The average molecular weight is 324 g/mol. The molecule has 0 spiro atoms. The van der Waals surface area contributed by atoms with Gasteiger partial charge in [-0.2, -0.15) is 0 Å². The van der Waals surface area contributed by atoms with Gasteiger partial charge in [0.1, 0.15) is 5.69 Å². The summed E-state index contributed by atoms with van der Waals surface area (Å²) in [5, 5.41) is 11.0. The minimum absolute atomic E-state index is 0.244. The van der Waals surface area contributed by atoms with Crippen molar-refractivity contribution in [2.24, 2.45) is 5.73 Å². The Morgan fingerprint density at radius 2 is 1.92 bits per heavy atom. The first-order chi connectivity index (χ1) is 11.5. The second-order valence-corrected chi connectivity index (χ2v) is 5.72. The van der Waals surface area contributed by atoms with Gasteiger partial charge in [0.15, 0.2) is 11.5 Å². The third kappa shape index (κ3) is 3.01. The van der Waals surface area contributed by atoms with E-state index >= 15 is 0 Å². The van der Waals surface area contributed by atoms with Gasteiger partial charge in [-0.15, -0.1) is 5.10 Å². The Morgan fingerprint density at radius 1 is 1.21 bits per heavy atom. The van der Waals surface area contributed by atoms with Crippen molar-refractivity contribution in [1.29, 1.82) is 0 Å². The van der Waals surface area contributed by atoms with Crippen LogP contribution >= 0.6 is 0 Å². The van der Waals surface area contributed by atoms with Crippen LogP contribution in [0.25, 0.3) is 5.65 Å². The van der Waals surface area contributed by atoms with Crippen LogP contribution in [-0.4, -0.2) is 27.0 Å². The summed E-state index contributed by atoms with van der Waals surface area (Å²) in [6.07, 6.45) is 1.44. The molecule has 24 heavy (non-hydrogen) atoms. The maximum atomic E-state index is 11.6. The highest BCUT2D eigenvalue weighted by Crippen LogP contribution is 2.24. The van der Waals surface area contributed by atoms with Gasteiger partial charge in [0.25, 0.3) is 5.91 Å². The van der Waals surface area contributed by atoms with E-state index in [0.717, 1.165) is 29.0 Å². The van der Waals surface area contributed by atoms with Gasteiger partial charge in [0.05, 0.1) is 11.9 Å². The van der Waals surface area contributed by atoms with E-state index in [1.807, 2.05) is 39.0 Å². The molecule has 0 unspecified atom stereocenters. The van der Waals surface area contributed by atoms with Gasteiger partial charge in [-0.05, 0) is 44.0 Å². The van der Waals surface area contributed by atoms with Crippen molar-refractivity contribution in [3.8, 4) is 0 Å². The zero-order valence-electron chi connectivity index (χ0n) is 13.9. The van der Waals surface area contributed by atoms with Crippen molar-refractivity contribution in [3.05, 3.63) is 47.3 Å². The summed E-state index contributed by atoms with van der Waals surface area (Å²) in [5.74, 6) is 0.0324. The zero-order chi connectivity index (χ0) is 17.3. The standard InChI is InChI=1S/C17H20N6O/c1-4-19-13-8-15(21-12-6-10(2)5-11(3)7-12)22-23-14(16(18)24)9-20-17(13)23/h5-9,19H,4H2,1-3H3,(H2,18,24)(H,21,22). The number of aromatic nitrogens is 3. The SMILES string of the molecule is CCNc1cc(Nc2cc(C)cc(C)c2)nn2c(C(N)=O)cnc12. The number of nitrogens with zero attached hydrogens (tertiary/aromatic N) is 3. The number of hydrogen-bond donors (Lipinski definition) is 3. The normalized spacial score (nSPS) is 10.8. The molecular weight excluding hydrogens is 304 g/mol. The molecule has 1 amide bonds. The van der Waals surface area contributed by atoms with Gasteiger partial charge in [0, 0.05) is 18.3 Å². The number of aryl methyl sites for hydroxylation is 2. The summed E-state index contributed by atoms with van der Waals surface area (Å²) in [5.41, 5.74) is 10.3. The molecule has 0 bridgehead atoms.